The summed E-state index contributed by atoms with van der Waals surface area (Å²) in [4.78, 5) is 10.7. The van der Waals surface area contributed by atoms with Crippen LogP contribution >= 0.6 is 0 Å². The van der Waals surface area contributed by atoms with Crippen molar-refractivity contribution in [1.29, 1.82) is 0 Å². The summed E-state index contributed by atoms with van der Waals surface area (Å²) in [5.41, 5.74) is 1.88. The maximum Gasteiger partial charge on any atom is 0.335 e. The van der Waals surface area contributed by atoms with E-state index in [0.717, 1.165) is 11.3 Å². The molecule has 0 radical (unpaired) electrons. The molecule has 0 aliphatic rings. The van der Waals surface area contributed by atoms with Crippen molar-refractivity contribution in [2.45, 2.75) is 6.92 Å². The van der Waals surface area contributed by atoms with E-state index in [0.29, 0.717) is 12.1 Å². The highest BCUT2D eigenvalue weighted by molar-refractivity contribution is 5.89. The summed E-state index contributed by atoms with van der Waals surface area (Å²) < 4.78 is 0. The van der Waals surface area contributed by atoms with Crippen molar-refractivity contribution in [2.24, 2.45) is 0 Å². The minimum absolute atomic E-state index is 0.316. The molecule has 1 rings (SSSR count). The van der Waals surface area contributed by atoms with Crippen molar-refractivity contribution >= 4 is 11.7 Å². The second-order valence-electron chi connectivity index (χ2n) is 2.89. The molecule has 0 aromatic heterocycles. The van der Waals surface area contributed by atoms with E-state index in [1.807, 2.05) is 0 Å². The molecule has 1 aromatic carbocycles. The summed E-state index contributed by atoms with van der Waals surface area (Å²) in [6.45, 7) is 2.19. The molecular weight excluding hydrogens is 178 g/mol. The summed E-state index contributed by atoms with van der Waals surface area (Å²) >= 11 is 0. The average molecular weight is 189 g/mol. The van der Waals surface area contributed by atoms with Crippen LogP contribution in [0.2, 0.25) is 0 Å². The van der Waals surface area contributed by atoms with Crippen molar-refractivity contribution in [2.75, 3.05) is 11.9 Å². The van der Waals surface area contributed by atoms with Crippen LogP contribution in [0.3, 0.4) is 0 Å². The smallest absolute Gasteiger partial charge is 0.335 e. The van der Waals surface area contributed by atoms with E-state index >= 15 is 0 Å². The number of benzene rings is 1. The molecule has 0 bridgehead atoms. The van der Waals surface area contributed by atoms with Gasteiger partial charge in [0.2, 0.25) is 0 Å². The molecule has 2 N–H and O–H groups in total. The average Bonchev–Trinajstić information content (AvgIpc) is 2.14. The quantitative estimate of drug-likeness (QED) is 0.712. The third-order valence-corrected chi connectivity index (χ3v) is 1.85. The largest absolute Gasteiger partial charge is 0.478 e. The molecule has 0 spiro atoms. The Balaban J connectivity index is 2.90. The van der Waals surface area contributed by atoms with Gasteiger partial charge in [0.1, 0.15) is 0 Å². The monoisotopic (exact) mass is 189 g/mol. The Kier molecular flexibility index (Phi) is 3.14. The molecule has 0 atom stereocenters. The summed E-state index contributed by atoms with van der Waals surface area (Å²) in [6, 6.07) is 5.03. The van der Waals surface area contributed by atoms with Gasteiger partial charge in [0.25, 0.3) is 0 Å². The van der Waals surface area contributed by atoms with Crippen molar-refractivity contribution in [1.82, 2.24) is 0 Å². The number of aromatic carboxylic acids is 1. The van der Waals surface area contributed by atoms with Gasteiger partial charge in [0.05, 0.1) is 12.1 Å². The van der Waals surface area contributed by atoms with Crippen LogP contribution in [0.25, 0.3) is 0 Å². The van der Waals surface area contributed by atoms with E-state index in [4.69, 9.17) is 11.5 Å². The topological polar surface area (TPSA) is 49.3 Å². The van der Waals surface area contributed by atoms with E-state index in [9.17, 15) is 4.79 Å². The molecule has 0 heterocycles. The summed E-state index contributed by atoms with van der Waals surface area (Å²) in [6.07, 6.45) is 5.09. The van der Waals surface area contributed by atoms with E-state index in [2.05, 4.69) is 11.2 Å². The number of carboxylic acid groups (broad SMARTS) is 1. The van der Waals surface area contributed by atoms with Crippen molar-refractivity contribution in [3.05, 3.63) is 29.3 Å². The Bertz CT molecular complexity index is 391. The standard InChI is InChI=1S/C11H11NO2/c1-3-6-12-9-4-5-10(11(13)14)8(2)7-9/h1,4-5,7,12H,6H2,2H3,(H,13,14). The van der Waals surface area contributed by atoms with Crippen LogP contribution < -0.4 is 5.32 Å². The Morgan fingerprint density at radius 3 is 2.86 bits per heavy atom. The van der Waals surface area contributed by atoms with Crippen molar-refractivity contribution in [3.63, 3.8) is 0 Å². The van der Waals surface area contributed by atoms with Gasteiger partial charge in [-0.1, -0.05) is 5.92 Å². The summed E-state index contributed by atoms with van der Waals surface area (Å²) in [5, 5.41) is 11.8. The second kappa shape index (κ2) is 4.33. The maximum atomic E-state index is 10.7. The van der Waals surface area contributed by atoms with E-state index in [-0.39, 0.29) is 0 Å². The fraction of sp³-hybridized carbons (Fsp3) is 0.182. The van der Waals surface area contributed by atoms with Gasteiger partial charge in [-0.05, 0) is 30.7 Å². The molecule has 0 fully saturated rings. The number of rotatable bonds is 3. The zero-order valence-electron chi connectivity index (χ0n) is 7.87. The molecule has 3 heteroatoms. The molecule has 0 saturated heterocycles. The van der Waals surface area contributed by atoms with Gasteiger partial charge < -0.3 is 10.4 Å². The number of anilines is 1. The number of aryl methyl sites for hydroxylation is 1. The van der Waals surface area contributed by atoms with E-state index < -0.39 is 5.97 Å². The third-order valence-electron chi connectivity index (χ3n) is 1.85. The second-order valence-corrected chi connectivity index (χ2v) is 2.89. The lowest BCUT2D eigenvalue weighted by Gasteiger charge is -2.05. The number of terminal acetylenes is 1. The van der Waals surface area contributed by atoms with Gasteiger partial charge in [-0.2, -0.15) is 0 Å². The first-order valence-electron chi connectivity index (χ1n) is 4.16. The summed E-state index contributed by atoms with van der Waals surface area (Å²) in [7, 11) is 0. The maximum absolute atomic E-state index is 10.7. The molecule has 72 valence electrons. The van der Waals surface area contributed by atoms with Gasteiger partial charge in [0, 0.05) is 5.69 Å². The minimum atomic E-state index is -0.911. The number of carboxylic acids is 1. The molecule has 0 aliphatic carbocycles. The summed E-state index contributed by atoms with van der Waals surface area (Å²) in [5.74, 6) is 1.53. The van der Waals surface area contributed by atoms with Gasteiger partial charge in [-0.3, -0.25) is 0 Å². The molecule has 3 nitrogen and oxygen atoms in total. The van der Waals surface area contributed by atoms with Crippen molar-refractivity contribution in [3.8, 4) is 12.3 Å². The highest BCUT2D eigenvalue weighted by atomic mass is 16.4. The van der Waals surface area contributed by atoms with Crippen LogP contribution in [-0.2, 0) is 0 Å². The van der Waals surface area contributed by atoms with Crippen LogP contribution in [-0.4, -0.2) is 17.6 Å². The minimum Gasteiger partial charge on any atom is -0.478 e. The number of carbonyl (C=O) groups is 1. The predicted molar refractivity (Wildman–Crippen MR) is 55.5 cm³/mol. The normalized spacial score (nSPS) is 9.14. The Morgan fingerprint density at radius 2 is 2.36 bits per heavy atom. The van der Waals surface area contributed by atoms with Gasteiger partial charge in [0.15, 0.2) is 0 Å². The molecule has 0 amide bonds. The Hall–Kier alpha value is -1.95. The highest BCUT2D eigenvalue weighted by Crippen LogP contribution is 2.14. The lowest BCUT2D eigenvalue weighted by atomic mass is 10.1. The predicted octanol–water partition coefficient (Wildman–Crippen LogP) is 1.74. The first-order valence-corrected chi connectivity index (χ1v) is 4.16. The zero-order chi connectivity index (χ0) is 10.6. The first-order chi connectivity index (χ1) is 6.65. The number of hydrogen-bond acceptors (Lipinski definition) is 2. The molecule has 0 aliphatic heterocycles. The molecule has 1 aromatic rings. The number of hydrogen-bond donors (Lipinski definition) is 2. The highest BCUT2D eigenvalue weighted by Gasteiger charge is 2.06. The van der Waals surface area contributed by atoms with Gasteiger partial charge in [-0.15, -0.1) is 6.42 Å². The van der Waals surface area contributed by atoms with Crippen LogP contribution in [0.4, 0.5) is 5.69 Å². The third kappa shape index (κ3) is 2.27. The van der Waals surface area contributed by atoms with Crippen LogP contribution in [0.1, 0.15) is 15.9 Å². The molecular formula is C11H11NO2. The van der Waals surface area contributed by atoms with Gasteiger partial charge >= 0.3 is 5.97 Å². The molecule has 14 heavy (non-hydrogen) atoms. The van der Waals surface area contributed by atoms with Gasteiger partial charge in [-0.25, -0.2) is 4.79 Å². The molecule has 0 saturated carbocycles. The number of nitrogens with one attached hydrogen (secondary N) is 1. The van der Waals surface area contributed by atoms with Crippen LogP contribution in [0.5, 0.6) is 0 Å². The zero-order valence-corrected chi connectivity index (χ0v) is 7.87. The first kappa shape index (κ1) is 10.1. The van der Waals surface area contributed by atoms with E-state index in [1.54, 1.807) is 25.1 Å². The Morgan fingerprint density at radius 1 is 1.64 bits per heavy atom. The van der Waals surface area contributed by atoms with Crippen LogP contribution in [0, 0.1) is 19.3 Å². The Labute approximate surface area is 82.8 Å². The fourth-order valence-corrected chi connectivity index (χ4v) is 1.17. The lowest BCUT2D eigenvalue weighted by Crippen LogP contribution is -2.02. The van der Waals surface area contributed by atoms with Crippen molar-refractivity contribution < 1.29 is 9.90 Å². The van der Waals surface area contributed by atoms with E-state index in [1.165, 1.54) is 0 Å². The van der Waals surface area contributed by atoms with Crippen LogP contribution in [0.15, 0.2) is 18.2 Å². The SMILES string of the molecule is C#CCNc1ccc(C(=O)O)c(C)c1. The molecule has 0 unspecified atom stereocenters. The fourth-order valence-electron chi connectivity index (χ4n) is 1.17. The lowest BCUT2D eigenvalue weighted by molar-refractivity contribution is 0.0696.